The first kappa shape index (κ1) is 13.5. The Kier molecular flexibility index (Phi) is 3.31. The predicted octanol–water partition coefficient (Wildman–Crippen LogP) is 3.83. The fourth-order valence-corrected chi connectivity index (χ4v) is 2.33. The maximum atomic E-state index is 12.2. The monoisotopic (exact) mass is 302 g/mol. The maximum Gasteiger partial charge on any atom is 0.235 e. The second-order valence-corrected chi connectivity index (χ2v) is 4.89. The molecule has 1 heterocycles. The number of para-hydroxylation sites is 1. The van der Waals surface area contributed by atoms with Gasteiger partial charge < -0.3 is 14.3 Å². The van der Waals surface area contributed by atoms with Gasteiger partial charge in [-0.25, -0.2) is 0 Å². The molecular formula is C16H11ClO4. The van der Waals surface area contributed by atoms with Crippen molar-refractivity contribution in [1.82, 2.24) is 0 Å². The van der Waals surface area contributed by atoms with Crippen LogP contribution < -0.4 is 10.2 Å². The molecule has 0 saturated carbocycles. The molecule has 3 aromatic rings. The maximum absolute atomic E-state index is 12.2. The SMILES string of the molecule is COc1ccccc1-c1oc2cc(Cl)ccc2c(=O)c1O. The molecule has 0 aliphatic heterocycles. The predicted molar refractivity (Wildman–Crippen MR) is 81.1 cm³/mol. The van der Waals surface area contributed by atoms with E-state index in [0.717, 1.165) is 0 Å². The Morgan fingerprint density at radius 2 is 1.95 bits per heavy atom. The summed E-state index contributed by atoms with van der Waals surface area (Å²) in [7, 11) is 1.51. The fourth-order valence-electron chi connectivity index (χ4n) is 2.17. The highest BCUT2D eigenvalue weighted by Gasteiger charge is 2.18. The number of halogens is 1. The number of aromatic hydroxyl groups is 1. The quantitative estimate of drug-likeness (QED) is 0.781. The molecule has 0 aliphatic rings. The fraction of sp³-hybridized carbons (Fsp3) is 0.0625. The summed E-state index contributed by atoms with van der Waals surface area (Å²) in [5.74, 6) is 0.110. The molecule has 4 nitrogen and oxygen atoms in total. The Labute approximate surface area is 125 Å². The molecule has 21 heavy (non-hydrogen) atoms. The summed E-state index contributed by atoms with van der Waals surface area (Å²) in [5.41, 5.74) is 0.302. The van der Waals surface area contributed by atoms with Gasteiger partial charge in [-0.2, -0.15) is 0 Å². The molecule has 1 aromatic heterocycles. The van der Waals surface area contributed by atoms with Crippen LogP contribution in [0.4, 0.5) is 0 Å². The van der Waals surface area contributed by atoms with Crippen LogP contribution in [0.2, 0.25) is 5.02 Å². The van der Waals surface area contributed by atoms with Crippen molar-refractivity contribution in [2.24, 2.45) is 0 Å². The highest BCUT2D eigenvalue weighted by molar-refractivity contribution is 6.31. The molecule has 0 radical (unpaired) electrons. The van der Waals surface area contributed by atoms with E-state index in [1.807, 2.05) is 0 Å². The zero-order valence-corrected chi connectivity index (χ0v) is 11.8. The van der Waals surface area contributed by atoms with Crippen molar-refractivity contribution in [3.05, 3.63) is 57.7 Å². The normalized spacial score (nSPS) is 10.8. The Morgan fingerprint density at radius 1 is 1.19 bits per heavy atom. The van der Waals surface area contributed by atoms with Crippen LogP contribution in [0.25, 0.3) is 22.3 Å². The van der Waals surface area contributed by atoms with E-state index >= 15 is 0 Å². The van der Waals surface area contributed by atoms with Gasteiger partial charge in [0.1, 0.15) is 11.3 Å². The van der Waals surface area contributed by atoms with Gasteiger partial charge in [-0.1, -0.05) is 23.7 Å². The molecule has 0 amide bonds. The van der Waals surface area contributed by atoms with E-state index in [-0.39, 0.29) is 11.1 Å². The lowest BCUT2D eigenvalue weighted by molar-refractivity contribution is 0.411. The Hall–Kier alpha value is -2.46. The van der Waals surface area contributed by atoms with E-state index in [4.69, 9.17) is 20.8 Å². The van der Waals surface area contributed by atoms with Crippen molar-refractivity contribution < 1.29 is 14.3 Å². The smallest absolute Gasteiger partial charge is 0.235 e. The van der Waals surface area contributed by atoms with Crippen LogP contribution in [0.5, 0.6) is 11.5 Å². The lowest BCUT2D eigenvalue weighted by Crippen LogP contribution is -2.03. The molecule has 0 unspecified atom stereocenters. The minimum Gasteiger partial charge on any atom is -0.502 e. The molecule has 0 bridgehead atoms. The van der Waals surface area contributed by atoms with Crippen LogP contribution in [0, 0.1) is 0 Å². The van der Waals surface area contributed by atoms with Crippen LogP contribution in [-0.2, 0) is 0 Å². The van der Waals surface area contributed by atoms with Gasteiger partial charge in [0.25, 0.3) is 0 Å². The Morgan fingerprint density at radius 3 is 2.71 bits per heavy atom. The van der Waals surface area contributed by atoms with Crippen molar-refractivity contribution in [2.75, 3.05) is 7.11 Å². The first-order valence-corrected chi connectivity index (χ1v) is 6.58. The number of hydrogen-bond donors (Lipinski definition) is 1. The zero-order chi connectivity index (χ0) is 15.0. The lowest BCUT2D eigenvalue weighted by atomic mass is 10.1. The molecule has 0 spiro atoms. The van der Waals surface area contributed by atoms with Gasteiger partial charge in [-0.05, 0) is 24.3 Å². The van der Waals surface area contributed by atoms with Crippen molar-refractivity contribution in [1.29, 1.82) is 0 Å². The molecule has 0 atom stereocenters. The topological polar surface area (TPSA) is 59.7 Å². The second-order valence-electron chi connectivity index (χ2n) is 4.45. The van der Waals surface area contributed by atoms with Crippen LogP contribution in [0.3, 0.4) is 0 Å². The number of ether oxygens (including phenoxy) is 1. The Bertz CT molecular complexity index is 883. The standard InChI is InChI=1S/C16H11ClO4/c1-20-12-5-3-2-4-11(12)16-15(19)14(18)10-7-6-9(17)8-13(10)21-16/h2-8,19H,1H3. The summed E-state index contributed by atoms with van der Waals surface area (Å²) in [6.07, 6.45) is 0. The lowest BCUT2D eigenvalue weighted by Gasteiger charge is -2.09. The Balaban J connectivity index is 2.38. The number of benzene rings is 2. The number of hydrogen-bond acceptors (Lipinski definition) is 4. The van der Waals surface area contributed by atoms with Gasteiger partial charge in [0.15, 0.2) is 5.76 Å². The first-order chi connectivity index (χ1) is 10.1. The van der Waals surface area contributed by atoms with E-state index in [2.05, 4.69) is 0 Å². The summed E-state index contributed by atoms with van der Waals surface area (Å²) in [4.78, 5) is 12.2. The highest BCUT2D eigenvalue weighted by atomic mass is 35.5. The summed E-state index contributed by atoms with van der Waals surface area (Å²) < 4.78 is 10.9. The highest BCUT2D eigenvalue weighted by Crippen LogP contribution is 2.36. The molecule has 106 valence electrons. The summed E-state index contributed by atoms with van der Waals surface area (Å²) >= 11 is 5.92. The van der Waals surface area contributed by atoms with Crippen LogP contribution in [-0.4, -0.2) is 12.2 Å². The van der Waals surface area contributed by atoms with Gasteiger partial charge in [0, 0.05) is 11.1 Å². The number of rotatable bonds is 2. The van der Waals surface area contributed by atoms with E-state index in [1.54, 1.807) is 30.3 Å². The van der Waals surface area contributed by atoms with Crippen molar-refractivity contribution in [2.45, 2.75) is 0 Å². The van der Waals surface area contributed by atoms with E-state index in [1.165, 1.54) is 19.2 Å². The molecule has 1 N–H and O–H groups in total. The minimum atomic E-state index is -0.506. The summed E-state index contributed by atoms with van der Waals surface area (Å²) in [6, 6.07) is 11.6. The molecule has 5 heteroatoms. The molecule has 0 aliphatic carbocycles. The first-order valence-electron chi connectivity index (χ1n) is 6.20. The largest absolute Gasteiger partial charge is 0.502 e. The van der Waals surface area contributed by atoms with Gasteiger partial charge >= 0.3 is 0 Å². The number of methoxy groups -OCH3 is 1. The van der Waals surface area contributed by atoms with Gasteiger partial charge in [0.2, 0.25) is 11.2 Å². The second kappa shape index (κ2) is 5.14. The average Bonchev–Trinajstić information content (AvgIpc) is 2.50. The average molecular weight is 303 g/mol. The van der Waals surface area contributed by atoms with Crippen molar-refractivity contribution in [3.8, 4) is 22.8 Å². The molecule has 2 aromatic carbocycles. The molecule has 0 fully saturated rings. The third kappa shape index (κ3) is 2.23. The zero-order valence-electron chi connectivity index (χ0n) is 11.1. The number of fused-ring (bicyclic) bond motifs is 1. The van der Waals surface area contributed by atoms with E-state index in [9.17, 15) is 9.90 Å². The summed E-state index contributed by atoms with van der Waals surface area (Å²) in [5, 5.41) is 10.9. The van der Waals surface area contributed by atoms with Gasteiger partial charge in [-0.15, -0.1) is 0 Å². The van der Waals surface area contributed by atoms with Crippen molar-refractivity contribution in [3.63, 3.8) is 0 Å². The third-order valence-electron chi connectivity index (χ3n) is 3.18. The van der Waals surface area contributed by atoms with Crippen LogP contribution in [0.15, 0.2) is 51.7 Å². The van der Waals surface area contributed by atoms with E-state index in [0.29, 0.717) is 21.9 Å². The molecular weight excluding hydrogens is 292 g/mol. The molecule has 3 rings (SSSR count). The van der Waals surface area contributed by atoms with Gasteiger partial charge in [0.05, 0.1) is 18.1 Å². The van der Waals surface area contributed by atoms with Crippen LogP contribution in [0.1, 0.15) is 0 Å². The van der Waals surface area contributed by atoms with E-state index < -0.39 is 11.2 Å². The van der Waals surface area contributed by atoms with Gasteiger partial charge in [-0.3, -0.25) is 4.79 Å². The summed E-state index contributed by atoms with van der Waals surface area (Å²) in [6.45, 7) is 0. The van der Waals surface area contributed by atoms with Crippen LogP contribution >= 0.6 is 11.6 Å². The minimum absolute atomic E-state index is 0.0622. The molecule has 0 saturated heterocycles. The third-order valence-corrected chi connectivity index (χ3v) is 3.42. The van der Waals surface area contributed by atoms with Crippen molar-refractivity contribution >= 4 is 22.6 Å².